The number of rotatable bonds is 5. The third-order valence-corrected chi connectivity index (χ3v) is 4.19. The number of hydrogen-bond acceptors (Lipinski definition) is 1. The molecule has 3 heteroatoms. The molecule has 22 heavy (non-hydrogen) atoms. The van der Waals surface area contributed by atoms with Crippen molar-refractivity contribution >= 4 is 33.6 Å². The first-order valence-electron chi connectivity index (χ1n) is 7.43. The molecule has 0 saturated carbocycles. The molecule has 1 unspecified atom stereocenters. The highest BCUT2D eigenvalue weighted by molar-refractivity contribution is 9.10. The van der Waals surface area contributed by atoms with Crippen LogP contribution in [0.4, 0.5) is 5.69 Å². The van der Waals surface area contributed by atoms with Crippen LogP contribution in [0.5, 0.6) is 0 Å². The Morgan fingerprint density at radius 2 is 1.77 bits per heavy atom. The predicted octanol–water partition coefficient (Wildman–Crippen LogP) is 5.61. The molecule has 0 aromatic heterocycles. The number of anilines is 1. The molecule has 0 aliphatic carbocycles. The van der Waals surface area contributed by atoms with Gasteiger partial charge in [-0.1, -0.05) is 54.0 Å². The summed E-state index contributed by atoms with van der Waals surface area (Å²) in [6.45, 7) is 4.38. The molecule has 2 aromatic rings. The van der Waals surface area contributed by atoms with Crippen molar-refractivity contribution in [1.82, 2.24) is 0 Å². The first kappa shape index (κ1) is 16.5. The van der Waals surface area contributed by atoms with Gasteiger partial charge in [-0.05, 0) is 53.8 Å². The summed E-state index contributed by atoms with van der Waals surface area (Å²) in [6.07, 6.45) is 4.46. The average molecular weight is 358 g/mol. The van der Waals surface area contributed by atoms with Gasteiger partial charge < -0.3 is 5.32 Å². The zero-order chi connectivity index (χ0) is 15.9. The largest absolute Gasteiger partial charge is 0.323 e. The lowest BCUT2D eigenvalue weighted by atomic mass is 9.99. The molecular weight excluding hydrogens is 338 g/mol. The average Bonchev–Trinajstić information content (AvgIpc) is 2.54. The van der Waals surface area contributed by atoms with Crippen molar-refractivity contribution in [3.05, 3.63) is 70.2 Å². The van der Waals surface area contributed by atoms with Gasteiger partial charge in [-0.25, -0.2) is 0 Å². The van der Waals surface area contributed by atoms with Crippen molar-refractivity contribution in [1.29, 1.82) is 0 Å². The van der Waals surface area contributed by atoms with Crippen LogP contribution in [0, 0.1) is 0 Å². The quantitative estimate of drug-likeness (QED) is 0.691. The molecular formula is C19H20BrNO. The predicted molar refractivity (Wildman–Crippen MR) is 97.0 cm³/mol. The Bertz CT molecular complexity index is 644. The second kappa shape index (κ2) is 7.95. The lowest BCUT2D eigenvalue weighted by Crippen LogP contribution is -2.07. The fourth-order valence-corrected chi connectivity index (χ4v) is 2.32. The van der Waals surface area contributed by atoms with E-state index in [0.29, 0.717) is 5.92 Å². The van der Waals surface area contributed by atoms with E-state index >= 15 is 0 Å². The van der Waals surface area contributed by atoms with E-state index in [1.807, 2.05) is 36.4 Å². The molecule has 1 amide bonds. The molecule has 0 aliphatic heterocycles. The number of carbonyl (C=O) groups is 1. The van der Waals surface area contributed by atoms with Gasteiger partial charge in [0, 0.05) is 16.2 Å². The minimum absolute atomic E-state index is 0.126. The molecule has 0 saturated heterocycles. The number of halogens is 1. The van der Waals surface area contributed by atoms with E-state index in [1.54, 1.807) is 12.2 Å². The van der Waals surface area contributed by atoms with E-state index in [4.69, 9.17) is 0 Å². The second-order valence-corrected chi connectivity index (χ2v) is 6.22. The van der Waals surface area contributed by atoms with Crippen molar-refractivity contribution in [2.45, 2.75) is 26.2 Å². The van der Waals surface area contributed by atoms with E-state index in [-0.39, 0.29) is 5.91 Å². The van der Waals surface area contributed by atoms with Gasteiger partial charge >= 0.3 is 0 Å². The van der Waals surface area contributed by atoms with Crippen molar-refractivity contribution in [2.75, 3.05) is 5.32 Å². The standard InChI is InChI=1S/C19H20BrNO/c1-3-14(2)16-7-11-18(12-8-16)21-19(22)13-6-15-4-9-17(20)10-5-15/h4-14H,3H2,1-2H3,(H,21,22). The Labute approximate surface area is 140 Å². The maximum Gasteiger partial charge on any atom is 0.248 e. The molecule has 1 N–H and O–H groups in total. The second-order valence-electron chi connectivity index (χ2n) is 5.31. The molecule has 0 radical (unpaired) electrons. The Kier molecular flexibility index (Phi) is 5.96. The first-order valence-corrected chi connectivity index (χ1v) is 8.22. The number of hydrogen-bond donors (Lipinski definition) is 1. The van der Waals surface area contributed by atoms with Crippen LogP contribution in [0.2, 0.25) is 0 Å². The fraction of sp³-hybridized carbons (Fsp3) is 0.211. The molecule has 0 bridgehead atoms. The van der Waals surface area contributed by atoms with Crippen molar-refractivity contribution in [3.63, 3.8) is 0 Å². The van der Waals surface area contributed by atoms with Gasteiger partial charge in [0.05, 0.1) is 0 Å². The SMILES string of the molecule is CCC(C)c1ccc(NC(=O)C=Cc2ccc(Br)cc2)cc1. The van der Waals surface area contributed by atoms with Crippen LogP contribution in [0.3, 0.4) is 0 Å². The van der Waals surface area contributed by atoms with Crippen molar-refractivity contribution in [2.24, 2.45) is 0 Å². The molecule has 0 fully saturated rings. The minimum atomic E-state index is -0.126. The molecule has 1 atom stereocenters. The topological polar surface area (TPSA) is 29.1 Å². The van der Waals surface area contributed by atoms with Gasteiger partial charge in [0.15, 0.2) is 0 Å². The van der Waals surface area contributed by atoms with Crippen LogP contribution in [0.25, 0.3) is 6.08 Å². The van der Waals surface area contributed by atoms with E-state index in [9.17, 15) is 4.79 Å². The van der Waals surface area contributed by atoms with E-state index in [2.05, 4.69) is 47.2 Å². The summed E-state index contributed by atoms with van der Waals surface area (Å²) in [5, 5.41) is 2.87. The van der Waals surface area contributed by atoms with Gasteiger partial charge in [-0.15, -0.1) is 0 Å². The summed E-state index contributed by atoms with van der Waals surface area (Å²) >= 11 is 3.39. The third kappa shape index (κ3) is 4.85. The lowest BCUT2D eigenvalue weighted by molar-refractivity contribution is -0.111. The Hall–Kier alpha value is -1.87. The van der Waals surface area contributed by atoms with Gasteiger partial charge in [-0.2, -0.15) is 0 Å². The number of nitrogens with one attached hydrogen (secondary N) is 1. The summed E-state index contributed by atoms with van der Waals surface area (Å²) in [6, 6.07) is 15.9. The normalized spacial score (nSPS) is 12.3. The van der Waals surface area contributed by atoms with Gasteiger partial charge in [-0.3, -0.25) is 4.79 Å². The molecule has 2 rings (SSSR count). The molecule has 2 aromatic carbocycles. The summed E-state index contributed by atoms with van der Waals surface area (Å²) < 4.78 is 1.02. The smallest absolute Gasteiger partial charge is 0.248 e. The van der Waals surface area contributed by atoms with Crippen LogP contribution >= 0.6 is 15.9 Å². The highest BCUT2D eigenvalue weighted by atomic mass is 79.9. The minimum Gasteiger partial charge on any atom is -0.323 e. The monoisotopic (exact) mass is 357 g/mol. The third-order valence-electron chi connectivity index (χ3n) is 3.66. The van der Waals surface area contributed by atoms with Gasteiger partial charge in [0.25, 0.3) is 0 Å². The molecule has 0 heterocycles. The van der Waals surface area contributed by atoms with Crippen LogP contribution in [-0.2, 0) is 4.79 Å². The highest BCUT2D eigenvalue weighted by Gasteiger charge is 2.03. The maximum atomic E-state index is 11.9. The molecule has 114 valence electrons. The van der Waals surface area contributed by atoms with Crippen LogP contribution < -0.4 is 5.32 Å². The van der Waals surface area contributed by atoms with E-state index in [0.717, 1.165) is 22.1 Å². The Morgan fingerprint density at radius 3 is 2.36 bits per heavy atom. The van der Waals surface area contributed by atoms with Crippen LogP contribution in [0.1, 0.15) is 37.3 Å². The molecule has 0 aliphatic rings. The Balaban J connectivity index is 1.95. The lowest BCUT2D eigenvalue weighted by Gasteiger charge is -2.09. The summed E-state index contributed by atoms with van der Waals surface area (Å²) in [5.41, 5.74) is 3.11. The van der Waals surface area contributed by atoms with Gasteiger partial charge in [0.1, 0.15) is 0 Å². The Morgan fingerprint density at radius 1 is 1.14 bits per heavy atom. The molecule has 0 spiro atoms. The summed E-state index contributed by atoms with van der Waals surface area (Å²) in [7, 11) is 0. The van der Waals surface area contributed by atoms with Crippen LogP contribution in [-0.4, -0.2) is 5.91 Å². The zero-order valence-corrected chi connectivity index (χ0v) is 14.4. The zero-order valence-electron chi connectivity index (χ0n) is 12.8. The summed E-state index contributed by atoms with van der Waals surface area (Å²) in [4.78, 5) is 11.9. The van der Waals surface area contributed by atoms with Crippen LogP contribution in [0.15, 0.2) is 59.1 Å². The number of amides is 1. The number of carbonyl (C=O) groups excluding carboxylic acids is 1. The maximum absolute atomic E-state index is 11.9. The highest BCUT2D eigenvalue weighted by Crippen LogP contribution is 2.20. The van der Waals surface area contributed by atoms with Gasteiger partial charge in [0.2, 0.25) is 5.91 Å². The fourth-order valence-electron chi connectivity index (χ4n) is 2.06. The van der Waals surface area contributed by atoms with E-state index < -0.39 is 0 Å². The first-order chi connectivity index (χ1) is 10.6. The van der Waals surface area contributed by atoms with Crippen molar-refractivity contribution < 1.29 is 4.79 Å². The number of benzene rings is 2. The van der Waals surface area contributed by atoms with E-state index in [1.165, 1.54) is 5.56 Å². The van der Waals surface area contributed by atoms with Crippen molar-refractivity contribution in [3.8, 4) is 0 Å². The molecule has 2 nitrogen and oxygen atoms in total. The summed E-state index contributed by atoms with van der Waals surface area (Å²) in [5.74, 6) is 0.418.